The van der Waals surface area contributed by atoms with Crippen molar-refractivity contribution in [3.8, 4) is 0 Å². The Morgan fingerprint density at radius 1 is 1.75 bits per heavy atom. The van der Waals surface area contributed by atoms with Crippen molar-refractivity contribution < 1.29 is 5.11 Å². The summed E-state index contributed by atoms with van der Waals surface area (Å²) in [6.07, 6.45) is 1.66. The SMILES string of the molecule is CCN(CCO)c1cn[nH]c1N. The van der Waals surface area contributed by atoms with Gasteiger partial charge in [0.15, 0.2) is 0 Å². The highest BCUT2D eigenvalue weighted by molar-refractivity contribution is 5.61. The summed E-state index contributed by atoms with van der Waals surface area (Å²) in [5, 5.41) is 15.2. The van der Waals surface area contributed by atoms with Gasteiger partial charge >= 0.3 is 0 Å². The maximum absolute atomic E-state index is 8.74. The lowest BCUT2D eigenvalue weighted by atomic mass is 10.4. The van der Waals surface area contributed by atoms with Crippen LogP contribution < -0.4 is 10.6 Å². The van der Waals surface area contributed by atoms with Crippen LogP contribution in [0, 0.1) is 0 Å². The Balaban J connectivity index is 2.72. The first-order chi connectivity index (χ1) is 5.79. The number of aliphatic hydroxyl groups excluding tert-OH is 1. The summed E-state index contributed by atoms with van der Waals surface area (Å²) in [7, 11) is 0. The monoisotopic (exact) mass is 170 g/mol. The molecule has 0 radical (unpaired) electrons. The fraction of sp³-hybridized carbons (Fsp3) is 0.571. The molecule has 1 aromatic rings. The summed E-state index contributed by atoms with van der Waals surface area (Å²) in [5.74, 6) is 0.547. The molecule has 0 atom stereocenters. The average Bonchev–Trinajstić information content (AvgIpc) is 2.47. The van der Waals surface area contributed by atoms with Crippen molar-refractivity contribution in [3.63, 3.8) is 0 Å². The summed E-state index contributed by atoms with van der Waals surface area (Å²) in [4.78, 5) is 1.96. The van der Waals surface area contributed by atoms with Crippen LogP contribution in [-0.4, -0.2) is 35.0 Å². The first kappa shape index (κ1) is 8.86. The van der Waals surface area contributed by atoms with Gasteiger partial charge in [-0.25, -0.2) is 0 Å². The number of hydrogen-bond donors (Lipinski definition) is 3. The molecule has 0 fully saturated rings. The van der Waals surface area contributed by atoms with E-state index in [2.05, 4.69) is 10.2 Å². The summed E-state index contributed by atoms with van der Waals surface area (Å²) in [6.45, 7) is 3.52. The van der Waals surface area contributed by atoms with Crippen molar-refractivity contribution in [1.82, 2.24) is 10.2 Å². The average molecular weight is 170 g/mol. The number of aliphatic hydroxyl groups is 1. The Morgan fingerprint density at radius 2 is 2.50 bits per heavy atom. The number of nitrogens with two attached hydrogens (primary N) is 1. The van der Waals surface area contributed by atoms with E-state index in [0.29, 0.717) is 12.4 Å². The second-order valence-electron chi connectivity index (χ2n) is 2.47. The quantitative estimate of drug-likeness (QED) is 0.585. The van der Waals surface area contributed by atoms with Gasteiger partial charge in [-0.05, 0) is 6.92 Å². The van der Waals surface area contributed by atoms with Crippen LogP contribution in [0.25, 0.3) is 0 Å². The summed E-state index contributed by atoms with van der Waals surface area (Å²) < 4.78 is 0. The largest absolute Gasteiger partial charge is 0.395 e. The number of nitrogen functional groups attached to an aromatic ring is 1. The topological polar surface area (TPSA) is 78.2 Å². The highest BCUT2D eigenvalue weighted by Crippen LogP contribution is 2.18. The molecule has 5 nitrogen and oxygen atoms in total. The zero-order chi connectivity index (χ0) is 8.97. The number of H-pyrrole nitrogens is 1. The zero-order valence-corrected chi connectivity index (χ0v) is 7.12. The van der Waals surface area contributed by atoms with E-state index >= 15 is 0 Å². The molecule has 68 valence electrons. The van der Waals surface area contributed by atoms with Gasteiger partial charge < -0.3 is 15.7 Å². The molecule has 0 aliphatic heterocycles. The van der Waals surface area contributed by atoms with E-state index in [0.717, 1.165) is 12.2 Å². The third kappa shape index (κ3) is 1.68. The number of anilines is 2. The van der Waals surface area contributed by atoms with Gasteiger partial charge in [0.25, 0.3) is 0 Å². The maximum atomic E-state index is 8.74. The highest BCUT2D eigenvalue weighted by atomic mass is 16.3. The molecule has 4 N–H and O–H groups in total. The molecule has 12 heavy (non-hydrogen) atoms. The van der Waals surface area contributed by atoms with Crippen LogP contribution >= 0.6 is 0 Å². The molecule has 0 bridgehead atoms. The molecule has 1 heterocycles. The van der Waals surface area contributed by atoms with Crippen LogP contribution in [0.1, 0.15) is 6.92 Å². The van der Waals surface area contributed by atoms with Crippen molar-refractivity contribution in [2.45, 2.75) is 6.92 Å². The predicted octanol–water partition coefficient (Wildman–Crippen LogP) is -0.190. The van der Waals surface area contributed by atoms with Gasteiger partial charge in [0.1, 0.15) is 5.82 Å². The molecule has 0 aliphatic rings. The lowest BCUT2D eigenvalue weighted by molar-refractivity contribution is 0.302. The van der Waals surface area contributed by atoms with E-state index in [1.54, 1.807) is 6.20 Å². The van der Waals surface area contributed by atoms with Crippen molar-refractivity contribution in [2.75, 3.05) is 30.3 Å². The molecule has 0 unspecified atom stereocenters. The van der Waals surface area contributed by atoms with E-state index < -0.39 is 0 Å². The predicted molar refractivity (Wildman–Crippen MR) is 48.0 cm³/mol. The first-order valence-electron chi connectivity index (χ1n) is 3.94. The smallest absolute Gasteiger partial charge is 0.142 e. The fourth-order valence-electron chi connectivity index (χ4n) is 1.11. The Bertz CT molecular complexity index is 235. The van der Waals surface area contributed by atoms with E-state index in [4.69, 9.17) is 10.8 Å². The van der Waals surface area contributed by atoms with Gasteiger partial charge in [-0.3, -0.25) is 5.10 Å². The second-order valence-corrected chi connectivity index (χ2v) is 2.47. The second kappa shape index (κ2) is 3.96. The highest BCUT2D eigenvalue weighted by Gasteiger charge is 2.08. The van der Waals surface area contributed by atoms with Gasteiger partial charge in [-0.1, -0.05) is 0 Å². The molecule has 0 saturated carbocycles. The third-order valence-corrected chi connectivity index (χ3v) is 1.74. The van der Waals surface area contributed by atoms with E-state index in [9.17, 15) is 0 Å². The van der Waals surface area contributed by atoms with Crippen molar-refractivity contribution in [3.05, 3.63) is 6.20 Å². The van der Waals surface area contributed by atoms with E-state index in [1.807, 2.05) is 11.8 Å². The lowest BCUT2D eigenvalue weighted by Crippen LogP contribution is -2.26. The molecule has 5 heteroatoms. The fourth-order valence-corrected chi connectivity index (χ4v) is 1.11. The molecular weight excluding hydrogens is 156 g/mol. The molecule has 1 aromatic heterocycles. The number of rotatable bonds is 4. The molecule has 0 saturated heterocycles. The molecule has 0 aromatic carbocycles. The van der Waals surface area contributed by atoms with Crippen LogP contribution in [0.3, 0.4) is 0 Å². The van der Waals surface area contributed by atoms with Crippen LogP contribution in [0.15, 0.2) is 6.20 Å². The molecule has 0 amide bonds. The summed E-state index contributed by atoms with van der Waals surface area (Å²) in [5.41, 5.74) is 6.46. The van der Waals surface area contributed by atoms with Crippen molar-refractivity contribution >= 4 is 11.5 Å². The maximum Gasteiger partial charge on any atom is 0.142 e. The molecule has 1 rings (SSSR count). The van der Waals surface area contributed by atoms with Crippen LogP contribution in [0.5, 0.6) is 0 Å². The van der Waals surface area contributed by atoms with Gasteiger partial charge in [0.2, 0.25) is 0 Å². The first-order valence-corrected chi connectivity index (χ1v) is 3.94. The lowest BCUT2D eigenvalue weighted by Gasteiger charge is -2.20. The number of aromatic nitrogens is 2. The van der Waals surface area contributed by atoms with Gasteiger partial charge in [0, 0.05) is 13.1 Å². The Labute approximate surface area is 71.2 Å². The van der Waals surface area contributed by atoms with Crippen molar-refractivity contribution in [2.24, 2.45) is 0 Å². The van der Waals surface area contributed by atoms with Crippen LogP contribution in [0.4, 0.5) is 11.5 Å². The minimum absolute atomic E-state index is 0.123. The van der Waals surface area contributed by atoms with Gasteiger partial charge in [-0.2, -0.15) is 5.10 Å². The number of likely N-dealkylation sites (N-methyl/N-ethyl adjacent to an activating group) is 1. The number of hydrogen-bond acceptors (Lipinski definition) is 4. The normalized spacial score (nSPS) is 10.2. The minimum atomic E-state index is 0.123. The van der Waals surface area contributed by atoms with E-state index in [-0.39, 0.29) is 6.61 Å². The van der Waals surface area contributed by atoms with Gasteiger partial charge in [-0.15, -0.1) is 0 Å². The molecule has 0 aliphatic carbocycles. The van der Waals surface area contributed by atoms with Gasteiger partial charge in [0.05, 0.1) is 18.5 Å². The Morgan fingerprint density at radius 3 is 2.92 bits per heavy atom. The Kier molecular flexibility index (Phi) is 2.93. The number of nitrogens with zero attached hydrogens (tertiary/aromatic N) is 2. The number of nitrogens with one attached hydrogen (secondary N) is 1. The molecule has 0 spiro atoms. The minimum Gasteiger partial charge on any atom is -0.395 e. The molecular formula is C7H14N4O. The third-order valence-electron chi connectivity index (χ3n) is 1.74. The number of aromatic amines is 1. The zero-order valence-electron chi connectivity index (χ0n) is 7.12. The summed E-state index contributed by atoms with van der Waals surface area (Å²) in [6, 6.07) is 0. The van der Waals surface area contributed by atoms with Crippen molar-refractivity contribution in [1.29, 1.82) is 0 Å². The summed E-state index contributed by atoms with van der Waals surface area (Å²) >= 11 is 0. The Hall–Kier alpha value is -1.23. The van der Waals surface area contributed by atoms with E-state index in [1.165, 1.54) is 0 Å². The van der Waals surface area contributed by atoms with Crippen LogP contribution in [-0.2, 0) is 0 Å². The standard InChI is InChI=1S/C7H14N4O/c1-2-11(3-4-12)6-5-9-10-7(6)8/h5,12H,2-4H2,1H3,(H3,8,9,10). The van der Waals surface area contributed by atoms with Crippen LogP contribution in [0.2, 0.25) is 0 Å².